The SMILES string of the molecule is CCOc1ccc(/C=C2\CCC[C@H]3C2=NN(C(=O)c2ccc(OC)cc2)[C@@H]3c2ccc(OCC)cc2)cc1. The molecule has 1 aliphatic carbocycles. The lowest BCUT2D eigenvalue weighted by atomic mass is 9.77. The number of carbonyl (C=O) groups is 1. The molecule has 1 aliphatic heterocycles. The Labute approximate surface area is 224 Å². The normalized spacial score (nSPS) is 19.6. The van der Waals surface area contributed by atoms with E-state index in [2.05, 4.69) is 30.3 Å². The van der Waals surface area contributed by atoms with Gasteiger partial charge in [0.15, 0.2) is 0 Å². The first-order valence-electron chi connectivity index (χ1n) is 13.3. The van der Waals surface area contributed by atoms with E-state index in [4.69, 9.17) is 19.3 Å². The zero-order chi connectivity index (χ0) is 26.5. The third-order valence-electron chi connectivity index (χ3n) is 7.11. The Kier molecular flexibility index (Phi) is 7.78. The van der Waals surface area contributed by atoms with E-state index < -0.39 is 0 Å². The van der Waals surface area contributed by atoms with E-state index in [9.17, 15) is 4.79 Å². The van der Waals surface area contributed by atoms with Gasteiger partial charge in [-0.1, -0.05) is 24.3 Å². The van der Waals surface area contributed by atoms with Crippen LogP contribution in [0.4, 0.5) is 0 Å². The molecule has 0 N–H and O–H groups in total. The Morgan fingerprint density at radius 2 is 1.50 bits per heavy atom. The molecule has 0 spiro atoms. The lowest BCUT2D eigenvalue weighted by Gasteiger charge is -2.30. The summed E-state index contributed by atoms with van der Waals surface area (Å²) in [5, 5.41) is 6.70. The molecule has 196 valence electrons. The smallest absolute Gasteiger partial charge is 0.274 e. The van der Waals surface area contributed by atoms with Crippen LogP contribution in [0.2, 0.25) is 0 Å². The highest BCUT2D eigenvalue weighted by Gasteiger charge is 2.44. The Balaban J connectivity index is 1.51. The summed E-state index contributed by atoms with van der Waals surface area (Å²) >= 11 is 0. The van der Waals surface area contributed by atoms with Crippen LogP contribution in [0.1, 0.15) is 60.6 Å². The molecule has 38 heavy (non-hydrogen) atoms. The Morgan fingerprint density at radius 3 is 2.11 bits per heavy atom. The van der Waals surface area contributed by atoms with Gasteiger partial charge >= 0.3 is 0 Å². The van der Waals surface area contributed by atoms with Crippen molar-refractivity contribution >= 4 is 17.7 Å². The molecule has 3 aromatic rings. The van der Waals surface area contributed by atoms with Gasteiger partial charge in [0, 0.05) is 11.5 Å². The van der Waals surface area contributed by atoms with Crippen LogP contribution in [-0.4, -0.2) is 37.0 Å². The van der Waals surface area contributed by atoms with Crippen molar-refractivity contribution in [2.75, 3.05) is 20.3 Å². The van der Waals surface area contributed by atoms with Crippen molar-refractivity contribution in [2.45, 2.75) is 39.2 Å². The number of allylic oxidation sites excluding steroid dienone is 1. The summed E-state index contributed by atoms with van der Waals surface area (Å²) in [5.74, 6) is 2.41. The number of amides is 1. The third kappa shape index (κ3) is 5.30. The Hall–Kier alpha value is -4.06. The molecule has 2 aliphatic rings. The van der Waals surface area contributed by atoms with E-state index in [1.807, 2.05) is 50.2 Å². The molecule has 5 rings (SSSR count). The second-order valence-corrected chi connectivity index (χ2v) is 9.48. The van der Waals surface area contributed by atoms with Gasteiger partial charge in [0.1, 0.15) is 17.2 Å². The fourth-order valence-corrected chi connectivity index (χ4v) is 5.32. The van der Waals surface area contributed by atoms with Gasteiger partial charge in [-0.3, -0.25) is 4.79 Å². The molecular weight excluding hydrogens is 476 g/mol. The van der Waals surface area contributed by atoms with Crippen LogP contribution in [-0.2, 0) is 0 Å². The lowest BCUT2D eigenvalue weighted by molar-refractivity contribution is 0.0681. The number of benzene rings is 3. The van der Waals surface area contributed by atoms with Crippen molar-refractivity contribution in [2.24, 2.45) is 11.0 Å². The first-order chi connectivity index (χ1) is 18.6. The van der Waals surface area contributed by atoms with Gasteiger partial charge in [0.05, 0.1) is 32.1 Å². The molecule has 2 atom stereocenters. The molecule has 3 aromatic carbocycles. The van der Waals surface area contributed by atoms with E-state index in [1.54, 1.807) is 24.3 Å². The maximum atomic E-state index is 13.8. The van der Waals surface area contributed by atoms with Crippen LogP contribution in [0.25, 0.3) is 6.08 Å². The molecule has 0 bridgehead atoms. The maximum absolute atomic E-state index is 13.8. The quantitative estimate of drug-likeness (QED) is 0.330. The first kappa shape index (κ1) is 25.6. The highest BCUT2D eigenvalue weighted by atomic mass is 16.5. The zero-order valence-corrected chi connectivity index (χ0v) is 22.2. The fourth-order valence-electron chi connectivity index (χ4n) is 5.32. The molecule has 1 saturated carbocycles. The topological polar surface area (TPSA) is 60.4 Å². The van der Waals surface area contributed by atoms with E-state index in [0.29, 0.717) is 24.5 Å². The molecule has 6 heteroatoms. The summed E-state index contributed by atoms with van der Waals surface area (Å²) < 4.78 is 16.5. The fraction of sp³-hybridized carbons (Fsp3) is 0.312. The highest BCUT2D eigenvalue weighted by molar-refractivity contribution is 6.09. The largest absolute Gasteiger partial charge is 0.497 e. The van der Waals surface area contributed by atoms with E-state index in [-0.39, 0.29) is 17.9 Å². The van der Waals surface area contributed by atoms with E-state index in [1.165, 1.54) is 5.57 Å². The summed E-state index contributed by atoms with van der Waals surface area (Å²) in [6.07, 6.45) is 5.16. The minimum Gasteiger partial charge on any atom is -0.497 e. The number of hydrogen-bond donors (Lipinski definition) is 0. The van der Waals surface area contributed by atoms with Crippen LogP contribution in [0.15, 0.2) is 83.5 Å². The number of ether oxygens (including phenoxy) is 3. The van der Waals surface area contributed by atoms with E-state index in [0.717, 1.165) is 47.6 Å². The average Bonchev–Trinajstić information content (AvgIpc) is 3.35. The number of hydrazone groups is 1. The summed E-state index contributed by atoms with van der Waals surface area (Å²) in [7, 11) is 1.62. The van der Waals surface area contributed by atoms with E-state index >= 15 is 0 Å². The van der Waals surface area contributed by atoms with Crippen molar-refractivity contribution in [3.05, 3.63) is 95.1 Å². The molecule has 0 aromatic heterocycles. The van der Waals surface area contributed by atoms with Crippen LogP contribution < -0.4 is 14.2 Å². The van der Waals surface area contributed by atoms with Gasteiger partial charge < -0.3 is 14.2 Å². The molecule has 1 heterocycles. The molecule has 0 unspecified atom stereocenters. The van der Waals surface area contributed by atoms with Crippen LogP contribution in [0, 0.1) is 5.92 Å². The van der Waals surface area contributed by atoms with Crippen molar-refractivity contribution in [3.63, 3.8) is 0 Å². The van der Waals surface area contributed by atoms with Crippen molar-refractivity contribution in [1.82, 2.24) is 5.01 Å². The monoisotopic (exact) mass is 510 g/mol. The van der Waals surface area contributed by atoms with Crippen LogP contribution in [0.3, 0.4) is 0 Å². The second kappa shape index (κ2) is 11.5. The Bertz CT molecular complexity index is 1310. The van der Waals surface area contributed by atoms with Crippen LogP contribution in [0.5, 0.6) is 17.2 Å². The Morgan fingerprint density at radius 1 is 0.895 bits per heavy atom. The standard InChI is InChI=1S/C32H34N2O4/c1-4-37-27-15-9-22(10-16-27)21-25-7-6-8-29-30(25)33-34(32(35)24-13-17-26(36-3)18-14-24)31(29)23-11-19-28(20-12-23)38-5-2/h9-21,29,31H,4-8H2,1-3H3/b25-21+/t29-,31+/m0/s1. The number of nitrogens with zero attached hydrogens (tertiary/aromatic N) is 2. The van der Waals surface area contributed by atoms with Gasteiger partial charge in [-0.15, -0.1) is 0 Å². The summed E-state index contributed by atoms with van der Waals surface area (Å²) in [6, 6.07) is 23.3. The maximum Gasteiger partial charge on any atom is 0.274 e. The van der Waals surface area contributed by atoms with Crippen LogP contribution >= 0.6 is 0 Å². The number of fused-ring (bicyclic) bond motifs is 1. The lowest BCUT2D eigenvalue weighted by Crippen LogP contribution is -2.31. The van der Waals surface area contributed by atoms with Gasteiger partial charge in [-0.2, -0.15) is 5.10 Å². The summed E-state index contributed by atoms with van der Waals surface area (Å²) in [5.41, 5.74) is 4.93. The highest BCUT2D eigenvalue weighted by Crippen LogP contribution is 2.45. The predicted octanol–water partition coefficient (Wildman–Crippen LogP) is 6.93. The number of rotatable bonds is 8. The van der Waals surface area contributed by atoms with Gasteiger partial charge in [0.25, 0.3) is 5.91 Å². The zero-order valence-electron chi connectivity index (χ0n) is 22.2. The minimum absolute atomic E-state index is 0.117. The number of carbonyl (C=O) groups excluding carboxylic acids is 1. The molecule has 0 saturated heterocycles. The second-order valence-electron chi connectivity index (χ2n) is 9.48. The van der Waals surface area contributed by atoms with Crippen molar-refractivity contribution < 1.29 is 19.0 Å². The van der Waals surface area contributed by atoms with Gasteiger partial charge in [-0.25, -0.2) is 5.01 Å². The number of hydrogen-bond acceptors (Lipinski definition) is 5. The molecule has 6 nitrogen and oxygen atoms in total. The minimum atomic E-state index is -0.181. The molecule has 1 fully saturated rings. The third-order valence-corrected chi connectivity index (χ3v) is 7.11. The van der Waals surface area contributed by atoms with Gasteiger partial charge in [-0.05, 0) is 104 Å². The molecular formula is C32H34N2O4. The first-order valence-corrected chi connectivity index (χ1v) is 13.3. The van der Waals surface area contributed by atoms with Crippen molar-refractivity contribution in [3.8, 4) is 17.2 Å². The number of methoxy groups -OCH3 is 1. The predicted molar refractivity (Wildman–Crippen MR) is 150 cm³/mol. The summed E-state index contributed by atoms with van der Waals surface area (Å²) in [6.45, 7) is 5.21. The van der Waals surface area contributed by atoms with Crippen molar-refractivity contribution in [1.29, 1.82) is 0 Å². The average molecular weight is 511 g/mol. The van der Waals surface area contributed by atoms with Gasteiger partial charge in [0.2, 0.25) is 0 Å². The molecule has 1 amide bonds. The summed E-state index contributed by atoms with van der Waals surface area (Å²) in [4.78, 5) is 13.8. The molecule has 0 radical (unpaired) electrons.